The van der Waals surface area contributed by atoms with E-state index in [0.717, 1.165) is 11.1 Å². The molecule has 0 bridgehead atoms. The molecular weight excluding hydrogens is 354 g/mol. The van der Waals surface area contributed by atoms with Gasteiger partial charge in [-0.05, 0) is 48.0 Å². The number of benzene rings is 2. The van der Waals surface area contributed by atoms with E-state index < -0.39 is 0 Å². The van der Waals surface area contributed by atoms with Crippen LogP contribution in [0.3, 0.4) is 0 Å². The monoisotopic (exact) mass is 373 g/mol. The van der Waals surface area contributed by atoms with Gasteiger partial charge >= 0.3 is 0 Å². The summed E-state index contributed by atoms with van der Waals surface area (Å²) in [6.45, 7) is 0.299. The predicted octanol–water partition coefficient (Wildman–Crippen LogP) is 3.78. The van der Waals surface area contributed by atoms with Gasteiger partial charge in [-0.2, -0.15) is 10.4 Å². The summed E-state index contributed by atoms with van der Waals surface area (Å²) in [5, 5.41) is 12.9. The van der Waals surface area contributed by atoms with Crippen LogP contribution in [-0.4, -0.2) is 22.7 Å². The number of ether oxygens (including phenoxy) is 2. The zero-order valence-electron chi connectivity index (χ0n) is 15.6. The molecule has 6 heteroatoms. The predicted molar refractivity (Wildman–Crippen MR) is 105 cm³/mol. The zero-order valence-corrected chi connectivity index (χ0v) is 15.6. The summed E-state index contributed by atoms with van der Waals surface area (Å²) < 4.78 is 12.8. The fraction of sp³-hybridized carbons (Fsp3) is 0.136. The molecule has 0 atom stereocenters. The van der Waals surface area contributed by atoms with E-state index in [1.807, 2.05) is 18.2 Å². The minimum Gasteiger partial charge on any atom is -0.496 e. The average molecular weight is 373 g/mol. The lowest BCUT2D eigenvalue weighted by Gasteiger charge is -2.11. The summed E-state index contributed by atoms with van der Waals surface area (Å²) in [4.78, 5) is 12.2. The van der Waals surface area contributed by atoms with Crippen molar-refractivity contribution in [2.75, 3.05) is 7.11 Å². The standard InChI is InChI=1S/C22H19N3O3/c1-25-14-19(13-24-25)21(26)9-5-16-6-10-22(27-2)18(11-16)15-28-20-7-3-17(12-23)4-8-20/h3-11,13-14H,15H2,1-2H3/b9-5+. The molecule has 2 aromatic carbocycles. The van der Waals surface area contributed by atoms with Gasteiger partial charge in [0, 0.05) is 18.8 Å². The molecule has 3 rings (SSSR count). The number of hydrogen-bond donors (Lipinski definition) is 0. The van der Waals surface area contributed by atoms with Crippen LogP contribution in [0.25, 0.3) is 6.08 Å². The van der Waals surface area contributed by atoms with E-state index in [2.05, 4.69) is 11.2 Å². The number of nitriles is 1. The summed E-state index contributed by atoms with van der Waals surface area (Å²) in [5.41, 5.74) is 2.83. The molecule has 3 aromatic rings. The lowest BCUT2D eigenvalue weighted by atomic mass is 10.1. The van der Waals surface area contributed by atoms with E-state index in [4.69, 9.17) is 14.7 Å². The van der Waals surface area contributed by atoms with Crippen LogP contribution >= 0.6 is 0 Å². The van der Waals surface area contributed by atoms with Crippen molar-refractivity contribution < 1.29 is 14.3 Å². The van der Waals surface area contributed by atoms with E-state index in [9.17, 15) is 4.79 Å². The van der Waals surface area contributed by atoms with Gasteiger partial charge in [-0.25, -0.2) is 0 Å². The van der Waals surface area contributed by atoms with Crippen molar-refractivity contribution in [3.8, 4) is 17.6 Å². The first-order valence-corrected chi connectivity index (χ1v) is 8.60. The van der Waals surface area contributed by atoms with Gasteiger partial charge in [0.15, 0.2) is 5.78 Å². The molecule has 0 N–H and O–H groups in total. The summed E-state index contributed by atoms with van der Waals surface area (Å²) in [6, 6.07) is 14.6. The smallest absolute Gasteiger partial charge is 0.189 e. The Morgan fingerprint density at radius 3 is 2.68 bits per heavy atom. The van der Waals surface area contributed by atoms with Crippen LogP contribution in [0.5, 0.6) is 11.5 Å². The first-order valence-electron chi connectivity index (χ1n) is 8.60. The van der Waals surface area contributed by atoms with E-state index in [1.54, 1.807) is 55.4 Å². The molecule has 140 valence electrons. The number of allylic oxidation sites excluding steroid dienone is 1. The quantitative estimate of drug-likeness (QED) is 0.465. The Morgan fingerprint density at radius 2 is 2.04 bits per heavy atom. The van der Waals surface area contributed by atoms with Crippen LogP contribution in [-0.2, 0) is 13.7 Å². The summed E-state index contributed by atoms with van der Waals surface area (Å²) in [6.07, 6.45) is 6.49. The number of methoxy groups -OCH3 is 1. The largest absolute Gasteiger partial charge is 0.496 e. The van der Waals surface area contributed by atoms with E-state index in [1.165, 1.54) is 12.3 Å². The SMILES string of the molecule is COc1ccc(/C=C/C(=O)c2cnn(C)c2)cc1COc1ccc(C#N)cc1. The molecule has 0 radical (unpaired) electrons. The molecule has 0 unspecified atom stereocenters. The van der Waals surface area contributed by atoms with Gasteiger partial charge < -0.3 is 9.47 Å². The van der Waals surface area contributed by atoms with Crippen molar-refractivity contribution in [3.63, 3.8) is 0 Å². The van der Waals surface area contributed by atoms with Crippen LogP contribution in [0, 0.1) is 11.3 Å². The highest BCUT2D eigenvalue weighted by Gasteiger charge is 2.07. The lowest BCUT2D eigenvalue weighted by Crippen LogP contribution is -1.99. The highest BCUT2D eigenvalue weighted by Crippen LogP contribution is 2.23. The molecule has 0 aliphatic heterocycles. The first kappa shape index (κ1) is 18.9. The number of nitrogens with zero attached hydrogens (tertiary/aromatic N) is 3. The second-order valence-corrected chi connectivity index (χ2v) is 6.10. The number of rotatable bonds is 7. The first-order chi connectivity index (χ1) is 13.6. The highest BCUT2D eigenvalue weighted by atomic mass is 16.5. The van der Waals surface area contributed by atoms with Crippen molar-refractivity contribution in [1.29, 1.82) is 5.26 Å². The fourth-order valence-corrected chi connectivity index (χ4v) is 2.62. The normalized spacial score (nSPS) is 10.6. The number of carbonyl (C=O) groups excluding carboxylic acids is 1. The van der Waals surface area contributed by atoms with Gasteiger partial charge in [-0.1, -0.05) is 12.1 Å². The average Bonchev–Trinajstić information content (AvgIpc) is 3.17. The minimum absolute atomic E-state index is 0.112. The number of ketones is 1. The maximum absolute atomic E-state index is 12.2. The van der Waals surface area contributed by atoms with Gasteiger partial charge in [-0.15, -0.1) is 0 Å². The Morgan fingerprint density at radius 1 is 1.25 bits per heavy atom. The Hall–Kier alpha value is -3.85. The van der Waals surface area contributed by atoms with Gasteiger partial charge in [0.05, 0.1) is 30.5 Å². The third kappa shape index (κ3) is 4.65. The van der Waals surface area contributed by atoms with E-state index >= 15 is 0 Å². The van der Waals surface area contributed by atoms with Crippen molar-refractivity contribution in [2.45, 2.75) is 6.61 Å². The van der Waals surface area contributed by atoms with Crippen LogP contribution < -0.4 is 9.47 Å². The Kier molecular flexibility index (Phi) is 5.87. The fourth-order valence-electron chi connectivity index (χ4n) is 2.62. The van der Waals surface area contributed by atoms with Crippen LogP contribution in [0.2, 0.25) is 0 Å². The van der Waals surface area contributed by atoms with Gasteiger partial charge in [0.2, 0.25) is 0 Å². The lowest BCUT2D eigenvalue weighted by molar-refractivity contribution is 0.104. The Balaban J connectivity index is 1.72. The summed E-state index contributed by atoms with van der Waals surface area (Å²) in [5.74, 6) is 1.25. The van der Waals surface area contributed by atoms with Crippen LogP contribution in [0.4, 0.5) is 0 Å². The highest BCUT2D eigenvalue weighted by molar-refractivity contribution is 6.06. The second-order valence-electron chi connectivity index (χ2n) is 6.10. The van der Waals surface area contributed by atoms with Crippen LogP contribution in [0.15, 0.2) is 60.9 Å². The number of aryl methyl sites for hydroxylation is 1. The van der Waals surface area contributed by atoms with Crippen molar-refractivity contribution in [2.24, 2.45) is 7.05 Å². The second kappa shape index (κ2) is 8.69. The van der Waals surface area contributed by atoms with Crippen molar-refractivity contribution >= 4 is 11.9 Å². The number of carbonyl (C=O) groups is 1. The maximum Gasteiger partial charge on any atom is 0.189 e. The maximum atomic E-state index is 12.2. The molecule has 0 amide bonds. The molecule has 0 fully saturated rings. The van der Waals surface area contributed by atoms with Gasteiger partial charge in [-0.3, -0.25) is 9.48 Å². The minimum atomic E-state index is -0.112. The number of hydrogen-bond acceptors (Lipinski definition) is 5. The molecule has 0 saturated carbocycles. The molecular formula is C22H19N3O3. The zero-order chi connectivity index (χ0) is 19.9. The van der Waals surface area contributed by atoms with E-state index in [-0.39, 0.29) is 5.78 Å². The molecule has 0 aliphatic rings. The molecule has 1 heterocycles. The Labute approximate surface area is 163 Å². The van der Waals surface area contributed by atoms with Crippen molar-refractivity contribution in [1.82, 2.24) is 9.78 Å². The molecule has 0 aliphatic carbocycles. The summed E-state index contributed by atoms with van der Waals surface area (Å²) >= 11 is 0. The van der Waals surface area contributed by atoms with Gasteiger partial charge in [0.25, 0.3) is 0 Å². The molecule has 0 saturated heterocycles. The van der Waals surface area contributed by atoms with E-state index in [0.29, 0.717) is 29.2 Å². The van der Waals surface area contributed by atoms with Crippen molar-refractivity contribution in [3.05, 3.63) is 83.2 Å². The third-order valence-corrected chi connectivity index (χ3v) is 4.10. The van der Waals surface area contributed by atoms with Crippen LogP contribution in [0.1, 0.15) is 27.0 Å². The Bertz CT molecular complexity index is 1040. The third-order valence-electron chi connectivity index (χ3n) is 4.10. The topological polar surface area (TPSA) is 77.1 Å². The summed E-state index contributed by atoms with van der Waals surface area (Å²) in [7, 11) is 3.37. The van der Waals surface area contributed by atoms with Gasteiger partial charge in [0.1, 0.15) is 18.1 Å². The number of aromatic nitrogens is 2. The molecule has 1 aromatic heterocycles. The molecule has 0 spiro atoms. The molecule has 6 nitrogen and oxygen atoms in total. The molecule has 28 heavy (non-hydrogen) atoms.